The van der Waals surface area contributed by atoms with Crippen molar-refractivity contribution in [1.82, 2.24) is 14.5 Å². The fourth-order valence-corrected chi connectivity index (χ4v) is 2.41. The molecule has 2 rings (SSSR count). The molecular weight excluding hydrogens is 394 g/mol. The van der Waals surface area contributed by atoms with Gasteiger partial charge in [-0.2, -0.15) is 0 Å². The monoisotopic (exact) mass is 409 g/mol. The number of nitrogens with zero attached hydrogens (tertiary/aromatic N) is 2. The minimum atomic E-state index is -0.684. The SMILES string of the molecule is Cn1c(COC(=O)CNC(=O)c2cccc(Br)c2)cc(=O)n(C)c1=O. The van der Waals surface area contributed by atoms with Crippen LogP contribution in [0.15, 0.2) is 44.4 Å². The molecule has 0 saturated carbocycles. The van der Waals surface area contributed by atoms with Crippen molar-refractivity contribution in [2.75, 3.05) is 6.54 Å². The van der Waals surface area contributed by atoms with E-state index in [0.29, 0.717) is 5.56 Å². The van der Waals surface area contributed by atoms with Crippen molar-refractivity contribution < 1.29 is 14.3 Å². The first-order chi connectivity index (χ1) is 11.8. The Bertz CT molecular complexity index is 932. The lowest BCUT2D eigenvalue weighted by Gasteiger charge is -2.10. The third kappa shape index (κ3) is 4.66. The highest BCUT2D eigenvalue weighted by molar-refractivity contribution is 9.10. The molecule has 25 heavy (non-hydrogen) atoms. The summed E-state index contributed by atoms with van der Waals surface area (Å²) in [5, 5.41) is 2.44. The van der Waals surface area contributed by atoms with Gasteiger partial charge in [-0.1, -0.05) is 22.0 Å². The van der Waals surface area contributed by atoms with E-state index < -0.39 is 23.1 Å². The van der Waals surface area contributed by atoms with Crippen LogP contribution in [-0.4, -0.2) is 27.6 Å². The molecule has 0 aliphatic heterocycles. The molecule has 0 unspecified atom stereocenters. The number of carbonyl (C=O) groups excluding carboxylic acids is 2. The van der Waals surface area contributed by atoms with Gasteiger partial charge in [0.05, 0.1) is 5.69 Å². The Hall–Kier alpha value is -2.68. The molecule has 0 bridgehead atoms. The molecule has 0 atom stereocenters. The first-order valence-electron chi connectivity index (χ1n) is 7.25. The Labute approximate surface area is 151 Å². The molecule has 0 fully saturated rings. The van der Waals surface area contributed by atoms with Crippen molar-refractivity contribution in [1.29, 1.82) is 0 Å². The average molecular weight is 410 g/mol. The van der Waals surface area contributed by atoms with Crippen molar-refractivity contribution in [3.8, 4) is 0 Å². The quantitative estimate of drug-likeness (QED) is 0.716. The lowest BCUT2D eigenvalue weighted by molar-refractivity contribution is -0.143. The van der Waals surface area contributed by atoms with Crippen LogP contribution in [0.5, 0.6) is 0 Å². The van der Waals surface area contributed by atoms with Gasteiger partial charge in [-0.05, 0) is 18.2 Å². The number of ether oxygens (including phenoxy) is 1. The number of hydrogen-bond acceptors (Lipinski definition) is 5. The maximum Gasteiger partial charge on any atom is 0.330 e. The summed E-state index contributed by atoms with van der Waals surface area (Å²) >= 11 is 3.26. The molecule has 1 heterocycles. The summed E-state index contributed by atoms with van der Waals surface area (Å²) in [5.41, 5.74) is -0.338. The molecule has 0 spiro atoms. The molecule has 1 aromatic heterocycles. The van der Waals surface area contributed by atoms with Crippen molar-refractivity contribution in [3.63, 3.8) is 0 Å². The Balaban J connectivity index is 1.92. The van der Waals surface area contributed by atoms with Gasteiger partial charge in [0.1, 0.15) is 13.2 Å². The molecule has 1 aromatic carbocycles. The largest absolute Gasteiger partial charge is 0.458 e. The van der Waals surface area contributed by atoms with Gasteiger partial charge >= 0.3 is 11.7 Å². The van der Waals surface area contributed by atoms with E-state index in [1.807, 2.05) is 0 Å². The van der Waals surface area contributed by atoms with Crippen LogP contribution in [0.2, 0.25) is 0 Å². The molecule has 2 aromatic rings. The van der Waals surface area contributed by atoms with Gasteiger partial charge < -0.3 is 10.1 Å². The van der Waals surface area contributed by atoms with Crippen LogP contribution in [0, 0.1) is 0 Å². The maximum atomic E-state index is 11.9. The smallest absolute Gasteiger partial charge is 0.330 e. The molecule has 8 nitrogen and oxygen atoms in total. The predicted octanol–water partition coefficient (Wildman–Crippen LogP) is 0.320. The number of esters is 1. The first-order valence-corrected chi connectivity index (χ1v) is 8.04. The number of aromatic nitrogens is 2. The lowest BCUT2D eigenvalue weighted by atomic mass is 10.2. The van der Waals surface area contributed by atoms with Gasteiger partial charge in [-0.25, -0.2) is 4.79 Å². The van der Waals surface area contributed by atoms with Gasteiger partial charge in [0.15, 0.2) is 0 Å². The third-order valence-corrected chi connectivity index (χ3v) is 3.98. The Morgan fingerprint density at radius 2 is 1.88 bits per heavy atom. The number of benzene rings is 1. The Kier molecular flexibility index (Phi) is 5.92. The summed E-state index contributed by atoms with van der Waals surface area (Å²) < 4.78 is 7.91. The number of amides is 1. The number of hydrogen-bond donors (Lipinski definition) is 1. The molecule has 0 saturated heterocycles. The summed E-state index contributed by atoms with van der Waals surface area (Å²) in [7, 11) is 2.83. The molecular formula is C16H16BrN3O5. The molecule has 0 radical (unpaired) electrons. The highest BCUT2D eigenvalue weighted by atomic mass is 79.9. The van der Waals surface area contributed by atoms with Crippen molar-refractivity contribution in [2.45, 2.75) is 6.61 Å². The highest BCUT2D eigenvalue weighted by Crippen LogP contribution is 2.11. The van der Waals surface area contributed by atoms with Crippen LogP contribution in [0.1, 0.15) is 16.1 Å². The second kappa shape index (κ2) is 7.93. The van der Waals surface area contributed by atoms with Gasteiger partial charge in [0.2, 0.25) is 0 Å². The van der Waals surface area contributed by atoms with Crippen LogP contribution >= 0.6 is 15.9 Å². The second-order valence-corrected chi connectivity index (χ2v) is 6.14. The highest BCUT2D eigenvalue weighted by Gasteiger charge is 2.11. The van der Waals surface area contributed by atoms with E-state index in [0.717, 1.165) is 9.04 Å². The summed E-state index contributed by atoms with van der Waals surface area (Å²) in [6.07, 6.45) is 0. The Morgan fingerprint density at radius 3 is 2.56 bits per heavy atom. The zero-order valence-electron chi connectivity index (χ0n) is 13.6. The fourth-order valence-electron chi connectivity index (χ4n) is 2.01. The van der Waals surface area contributed by atoms with Crippen molar-refractivity contribution in [3.05, 3.63) is 66.9 Å². The number of rotatable bonds is 5. The van der Waals surface area contributed by atoms with E-state index in [9.17, 15) is 19.2 Å². The van der Waals surface area contributed by atoms with E-state index in [4.69, 9.17) is 4.74 Å². The van der Waals surface area contributed by atoms with Crippen LogP contribution in [0.3, 0.4) is 0 Å². The minimum Gasteiger partial charge on any atom is -0.458 e. The normalized spacial score (nSPS) is 10.4. The Morgan fingerprint density at radius 1 is 1.16 bits per heavy atom. The molecule has 9 heteroatoms. The van der Waals surface area contributed by atoms with E-state index in [1.165, 1.54) is 24.7 Å². The zero-order chi connectivity index (χ0) is 18.6. The molecule has 0 aliphatic rings. The number of nitrogens with one attached hydrogen (secondary N) is 1. The van der Waals surface area contributed by atoms with Gasteiger partial charge in [0.25, 0.3) is 11.5 Å². The topological polar surface area (TPSA) is 99.4 Å². The number of halogens is 1. The summed E-state index contributed by atoms with van der Waals surface area (Å²) in [6.45, 7) is -0.572. The predicted molar refractivity (Wildman–Crippen MR) is 93.2 cm³/mol. The number of carbonyl (C=O) groups is 2. The maximum absolute atomic E-state index is 11.9. The van der Waals surface area contributed by atoms with E-state index in [1.54, 1.807) is 24.3 Å². The molecule has 1 amide bonds. The summed E-state index contributed by atoms with van der Waals surface area (Å²) in [6, 6.07) is 7.93. The molecule has 1 N–H and O–H groups in total. The van der Waals surface area contributed by atoms with Crippen LogP contribution in [0.4, 0.5) is 0 Å². The van der Waals surface area contributed by atoms with Gasteiger partial charge in [-0.15, -0.1) is 0 Å². The third-order valence-electron chi connectivity index (χ3n) is 3.49. The molecule has 0 aliphatic carbocycles. The van der Waals surface area contributed by atoms with E-state index in [-0.39, 0.29) is 18.8 Å². The van der Waals surface area contributed by atoms with Gasteiger partial charge in [-0.3, -0.25) is 23.5 Å². The molecule has 132 valence electrons. The minimum absolute atomic E-state index is 0.243. The first kappa shape index (κ1) is 18.7. The van der Waals surface area contributed by atoms with Gasteiger partial charge in [0, 0.05) is 30.2 Å². The van der Waals surface area contributed by atoms with Crippen molar-refractivity contribution >= 4 is 27.8 Å². The van der Waals surface area contributed by atoms with Crippen molar-refractivity contribution in [2.24, 2.45) is 14.1 Å². The van der Waals surface area contributed by atoms with Crippen LogP contribution < -0.4 is 16.6 Å². The zero-order valence-corrected chi connectivity index (χ0v) is 15.2. The lowest BCUT2D eigenvalue weighted by Crippen LogP contribution is -2.38. The summed E-state index contributed by atoms with van der Waals surface area (Å²) in [5.74, 6) is -1.10. The van der Waals surface area contributed by atoms with E-state index >= 15 is 0 Å². The standard InChI is InChI=1S/C16H16BrN3O5/c1-19-12(7-13(21)20(2)16(19)24)9-25-14(22)8-18-15(23)10-4-3-5-11(17)6-10/h3-7H,8-9H2,1-2H3,(H,18,23). The average Bonchev–Trinajstić information content (AvgIpc) is 2.59. The van der Waals surface area contributed by atoms with Crippen LogP contribution in [-0.2, 0) is 30.2 Å². The van der Waals surface area contributed by atoms with E-state index in [2.05, 4.69) is 21.2 Å². The fraction of sp³-hybridized carbons (Fsp3) is 0.250. The summed E-state index contributed by atoms with van der Waals surface area (Å²) in [4.78, 5) is 47.1. The van der Waals surface area contributed by atoms with Crippen LogP contribution in [0.25, 0.3) is 0 Å². The second-order valence-electron chi connectivity index (χ2n) is 5.23.